The lowest BCUT2D eigenvalue weighted by molar-refractivity contribution is 0.0976. The highest BCUT2D eigenvalue weighted by Gasteiger charge is 2.11. The molecule has 0 aliphatic rings. The van der Waals surface area contributed by atoms with Gasteiger partial charge in [0.25, 0.3) is 11.8 Å². The first-order valence-electron chi connectivity index (χ1n) is 8.46. The van der Waals surface area contributed by atoms with Crippen LogP contribution in [0.15, 0.2) is 72.8 Å². The van der Waals surface area contributed by atoms with Crippen molar-refractivity contribution in [1.29, 1.82) is 0 Å². The minimum Gasteiger partial charge on any atom is -0.332 e. The number of carbonyl (C=O) groups is 2. The Morgan fingerprint density at radius 1 is 0.759 bits per heavy atom. The number of thiocarbonyl (C=S) groups is 1. The maximum Gasteiger partial charge on any atom is 0.257 e. The van der Waals surface area contributed by atoms with Crippen LogP contribution < -0.4 is 16.0 Å². The molecule has 2 amide bonds. The van der Waals surface area contributed by atoms with E-state index in [1.54, 1.807) is 72.8 Å². The van der Waals surface area contributed by atoms with Gasteiger partial charge in [0.2, 0.25) is 0 Å². The molecule has 0 saturated heterocycles. The zero-order valence-corrected chi connectivity index (χ0v) is 17.2. The van der Waals surface area contributed by atoms with Crippen LogP contribution in [-0.2, 0) is 0 Å². The summed E-state index contributed by atoms with van der Waals surface area (Å²) >= 11 is 17.1. The van der Waals surface area contributed by atoms with Crippen molar-refractivity contribution in [2.24, 2.45) is 0 Å². The van der Waals surface area contributed by atoms with Crippen molar-refractivity contribution in [1.82, 2.24) is 5.32 Å². The Kier molecular flexibility index (Phi) is 6.82. The van der Waals surface area contributed by atoms with Crippen molar-refractivity contribution >= 4 is 63.7 Å². The van der Waals surface area contributed by atoms with Crippen LogP contribution in [0.5, 0.6) is 0 Å². The van der Waals surface area contributed by atoms with E-state index in [9.17, 15) is 9.59 Å². The van der Waals surface area contributed by atoms with Crippen molar-refractivity contribution in [3.8, 4) is 0 Å². The Hall–Kier alpha value is -2.93. The molecule has 0 aromatic heterocycles. The van der Waals surface area contributed by atoms with E-state index in [1.807, 2.05) is 0 Å². The molecule has 0 bridgehead atoms. The van der Waals surface area contributed by atoms with E-state index in [2.05, 4.69) is 16.0 Å². The van der Waals surface area contributed by atoms with E-state index in [-0.39, 0.29) is 16.9 Å². The summed E-state index contributed by atoms with van der Waals surface area (Å²) in [5.41, 5.74) is 1.90. The number of halogens is 2. The minimum atomic E-state index is -0.381. The second kappa shape index (κ2) is 9.52. The van der Waals surface area contributed by atoms with Gasteiger partial charge in [-0.2, -0.15) is 0 Å². The lowest BCUT2D eigenvalue weighted by Crippen LogP contribution is -2.34. The Labute approximate surface area is 183 Å². The number of amides is 2. The summed E-state index contributed by atoms with van der Waals surface area (Å²) in [6.07, 6.45) is 0. The summed E-state index contributed by atoms with van der Waals surface area (Å²) in [5, 5.41) is 9.21. The van der Waals surface area contributed by atoms with Crippen LogP contribution in [0.25, 0.3) is 0 Å². The third-order valence-electron chi connectivity index (χ3n) is 3.81. The van der Waals surface area contributed by atoms with Crippen molar-refractivity contribution in [2.75, 3.05) is 10.6 Å². The molecule has 0 spiro atoms. The van der Waals surface area contributed by atoms with Gasteiger partial charge in [-0.1, -0.05) is 47.5 Å². The zero-order valence-electron chi connectivity index (χ0n) is 14.9. The summed E-state index contributed by atoms with van der Waals surface area (Å²) in [6, 6.07) is 20.2. The molecule has 3 N–H and O–H groups in total. The van der Waals surface area contributed by atoms with Gasteiger partial charge in [0.1, 0.15) is 0 Å². The summed E-state index contributed by atoms with van der Waals surface area (Å²) in [6.45, 7) is 0. The Bertz CT molecular complexity index is 1090. The normalized spacial score (nSPS) is 10.1. The number of rotatable bonds is 4. The molecule has 0 radical (unpaired) electrons. The van der Waals surface area contributed by atoms with Crippen LogP contribution >= 0.6 is 35.4 Å². The third-order valence-corrected chi connectivity index (χ3v) is 4.58. The molecule has 3 aromatic carbocycles. The van der Waals surface area contributed by atoms with Gasteiger partial charge in [-0.15, -0.1) is 0 Å². The number of hydrogen-bond donors (Lipinski definition) is 3. The SMILES string of the molecule is O=C(NC(=S)Nc1cccc(NC(=O)c2ccccc2Cl)c1)c1cccc(Cl)c1. The van der Waals surface area contributed by atoms with Gasteiger partial charge in [0.05, 0.1) is 10.6 Å². The van der Waals surface area contributed by atoms with E-state index in [0.717, 1.165) is 0 Å². The molecule has 0 heterocycles. The van der Waals surface area contributed by atoms with E-state index in [1.165, 1.54) is 0 Å². The van der Waals surface area contributed by atoms with E-state index in [0.29, 0.717) is 32.5 Å². The smallest absolute Gasteiger partial charge is 0.257 e. The first-order chi connectivity index (χ1) is 13.9. The van der Waals surface area contributed by atoms with Gasteiger partial charge in [0, 0.05) is 22.0 Å². The van der Waals surface area contributed by atoms with Crippen molar-refractivity contribution in [3.05, 3.63) is 94.0 Å². The van der Waals surface area contributed by atoms with Crippen LogP contribution in [-0.4, -0.2) is 16.9 Å². The van der Waals surface area contributed by atoms with Gasteiger partial charge >= 0.3 is 0 Å². The fourth-order valence-corrected chi connectivity index (χ4v) is 3.11. The predicted octanol–water partition coefficient (Wildman–Crippen LogP) is 5.37. The first kappa shape index (κ1) is 20.8. The number of anilines is 2. The van der Waals surface area contributed by atoms with Crippen LogP contribution in [0.3, 0.4) is 0 Å². The largest absolute Gasteiger partial charge is 0.332 e. The molecular weight excluding hydrogens is 429 g/mol. The Morgan fingerprint density at radius 2 is 1.45 bits per heavy atom. The quantitative estimate of drug-likeness (QED) is 0.473. The van der Waals surface area contributed by atoms with Crippen LogP contribution in [0.2, 0.25) is 10.0 Å². The van der Waals surface area contributed by atoms with Gasteiger partial charge in [0.15, 0.2) is 5.11 Å². The third kappa shape index (κ3) is 5.77. The molecule has 146 valence electrons. The number of nitrogens with one attached hydrogen (secondary N) is 3. The van der Waals surface area contributed by atoms with Gasteiger partial charge in [-0.05, 0) is 60.7 Å². The Morgan fingerprint density at radius 3 is 2.17 bits per heavy atom. The molecule has 8 heteroatoms. The molecule has 0 atom stereocenters. The first-order valence-corrected chi connectivity index (χ1v) is 9.62. The highest BCUT2D eigenvalue weighted by molar-refractivity contribution is 7.80. The fourth-order valence-electron chi connectivity index (χ4n) is 2.49. The molecule has 0 saturated carbocycles. The number of carbonyl (C=O) groups excluding carboxylic acids is 2. The van der Waals surface area contributed by atoms with Gasteiger partial charge < -0.3 is 10.6 Å². The number of hydrogen-bond acceptors (Lipinski definition) is 3. The van der Waals surface area contributed by atoms with Crippen LogP contribution in [0, 0.1) is 0 Å². The maximum atomic E-state index is 12.4. The zero-order chi connectivity index (χ0) is 20.8. The van der Waals surface area contributed by atoms with E-state index >= 15 is 0 Å². The summed E-state index contributed by atoms with van der Waals surface area (Å²) in [5.74, 6) is -0.710. The molecule has 0 aliphatic carbocycles. The fraction of sp³-hybridized carbons (Fsp3) is 0. The van der Waals surface area contributed by atoms with Gasteiger partial charge in [-0.25, -0.2) is 0 Å². The van der Waals surface area contributed by atoms with Crippen molar-refractivity contribution < 1.29 is 9.59 Å². The van der Waals surface area contributed by atoms with Crippen molar-refractivity contribution in [3.63, 3.8) is 0 Å². The van der Waals surface area contributed by atoms with Crippen LogP contribution in [0.4, 0.5) is 11.4 Å². The molecule has 3 aromatic rings. The average Bonchev–Trinajstić information content (AvgIpc) is 2.68. The highest BCUT2D eigenvalue weighted by Crippen LogP contribution is 2.19. The summed E-state index contributed by atoms with van der Waals surface area (Å²) in [4.78, 5) is 24.6. The molecule has 29 heavy (non-hydrogen) atoms. The topological polar surface area (TPSA) is 70.2 Å². The molecule has 3 rings (SSSR count). The average molecular weight is 444 g/mol. The second-order valence-electron chi connectivity index (χ2n) is 5.93. The highest BCUT2D eigenvalue weighted by atomic mass is 35.5. The van der Waals surface area contributed by atoms with Gasteiger partial charge in [-0.3, -0.25) is 14.9 Å². The monoisotopic (exact) mass is 443 g/mol. The van der Waals surface area contributed by atoms with Crippen molar-refractivity contribution in [2.45, 2.75) is 0 Å². The van der Waals surface area contributed by atoms with Crippen LogP contribution in [0.1, 0.15) is 20.7 Å². The standard InChI is InChI=1S/C21H15Cl2N3O2S/c22-14-6-3-5-13(11-14)19(27)26-21(29)25-16-8-4-7-15(12-16)24-20(28)17-9-1-2-10-18(17)23/h1-12H,(H,24,28)(H2,25,26,27,29). The molecule has 0 unspecified atom stereocenters. The molecular formula is C21H15Cl2N3O2S. The van der Waals surface area contributed by atoms with E-state index in [4.69, 9.17) is 35.4 Å². The Balaban J connectivity index is 1.63. The number of benzene rings is 3. The molecule has 0 aliphatic heterocycles. The minimum absolute atomic E-state index is 0.115. The predicted molar refractivity (Wildman–Crippen MR) is 121 cm³/mol. The molecule has 0 fully saturated rings. The second-order valence-corrected chi connectivity index (χ2v) is 7.19. The molecule has 5 nitrogen and oxygen atoms in total. The van der Waals surface area contributed by atoms with E-state index < -0.39 is 0 Å². The lowest BCUT2D eigenvalue weighted by Gasteiger charge is -2.12. The summed E-state index contributed by atoms with van der Waals surface area (Å²) < 4.78 is 0. The summed E-state index contributed by atoms with van der Waals surface area (Å²) in [7, 11) is 0. The lowest BCUT2D eigenvalue weighted by atomic mass is 10.2. The maximum absolute atomic E-state index is 12.4.